The molecule has 1 aromatic heterocycles. The summed E-state index contributed by atoms with van der Waals surface area (Å²) in [4.78, 5) is 64.8. The van der Waals surface area contributed by atoms with Gasteiger partial charge in [0.2, 0.25) is 0 Å². The molecule has 0 N–H and O–H groups in total. The minimum Gasteiger partial charge on any atom is -0.459 e. The molecule has 14 heteroatoms. The van der Waals surface area contributed by atoms with Crippen LogP contribution in [0.25, 0.3) is 0 Å². The fraction of sp³-hybridized carbons (Fsp3) is 0.219. The summed E-state index contributed by atoms with van der Waals surface area (Å²) < 4.78 is 64.9. The summed E-state index contributed by atoms with van der Waals surface area (Å²) in [6, 6.07) is 22.9. The van der Waals surface area contributed by atoms with E-state index in [1.807, 2.05) is 0 Å². The van der Waals surface area contributed by atoms with Gasteiger partial charge in [0, 0.05) is 13.2 Å². The van der Waals surface area contributed by atoms with Gasteiger partial charge in [-0.3, -0.25) is 13.9 Å². The number of carbonyl (C=O) groups excluding carboxylic acids is 3. The van der Waals surface area contributed by atoms with Crippen LogP contribution < -0.4 is 11.2 Å². The maximum Gasteiger partial charge on any atom is 0.423 e. The van der Waals surface area contributed by atoms with Gasteiger partial charge >= 0.3 is 29.8 Å². The van der Waals surface area contributed by atoms with Gasteiger partial charge in [-0.05, 0) is 36.4 Å². The Morgan fingerprint density at radius 1 is 0.739 bits per heavy atom. The Kier molecular flexibility index (Phi) is 9.18. The van der Waals surface area contributed by atoms with Crippen molar-refractivity contribution in [2.75, 3.05) is 6.61 Å². The van der Waals surface area contributed by atoms with E-state index in [0.29, 0.717) is 4.57 Å². The molecule has 1 aliphatic rings. The molecule has 0 bridgehead atoms. The molecule has 238 valence electrons. The molecule has 0 unspecified atom stereocenters. The third-order valence-electron chi connectivity index (χ3n) is 7.07. The van der Waals surface area contributed by atoms with Crippen LogP contribution >= 0.6 is 0 Å². The van der Waals surface area contributed by atoms with Crippen LogP contribution in [0, 0.1) is 0 Å². The molecule has 0 aliphatic carbocycles. The monoisotopic (exact) mass is 638 g/mol. The molecule has 0 spiro atoms. The molecule has 0 amide bonds. The second kappa shape index (κ2) is 13.2. The van der Waals surface area contributed by atoms with Crippen molar-refractivity contribution in [1.82, 2.24) is 9.13 Å². The maximum absolute atomic E-state index is 13.9. The Morgan fingerprint density at radius 2 is 1.20 bits per heavy atom. The topological polar surface area (TPSA) is 132 Å². The van der Waals surface area contributed by atoms with Crippen LogP contribution in [0.1, 0.15) is 42.9 Å². The summed E-state index contributed by atoms with van der Waals surface area (Å²) in [6.45, 7) is -0.636. The van der Waals surface area contributed by atoms with Crippen molar-refractivity contribution < 1.29 is 46.5 Å². The van der Waals surface area contributed by atoms with Crippen LogP contribution in [0.4, 0.5) is 13.2 Å². The lowest BCUT2D eigenvalue weighted by Crippen LogP contribution is -2.46. The lowest BCUT2D eigenvalue weighted by atomic mass is 10.1. The summed E-state index contributed by atoms with van der Waals surface area (Å²) in [5, 5.41) is 0. The lowest BCUT2D eigenvalue weighted by Gasteiger charge is -2.25. The number of alkyl halides is 3. The van der Waals surface area contributed by atoms with E-state index in [0.717, 1.165) is 7.05 Å². The van der Waals surface area contributed by atoms with E-state index < -0.39 is 72.0 Å². The molecule has 1 aliphatic heterocycles. The molecular formula is C32H25F3N2O9. The quantitative estimate of drug-likeness (QED) is 0.209. The first kappa shape index (κ1) is 31.9. The van der Waals surface area contributed by atoms with E-state index in [1.54, 1.807) is 42.5 Å². The number of halogens is 3. The van der Waals surface area contributed by atoms with Crippen molar-refractivity contribution in [3.8, 4) is 0 Å². The molecule has 1 saturated heterocycles. The van der Waals surface area contributed by atoms with Crippen molar-refractivity contribution in [2.45, 2.75) is 30.7 Å². The van der Waals surface area contributed by atoms with E-state index in [4.69, 9.17) is 18.9 Å². The molecule has 11 nitrogen and oxygen atoms in total. The Hall–Kier alpha value is -5.50. The highest BCUT2D eigenvalue weighted by Gasteiger charge is 2.52. The number of carbonyl (C=O) groups is 3. The van der Waals surface area contributed by atoms with Crippen molar-refractivity contribution in [1.29, 1.82) is 0 Å². The van der Waals surface area contributed by atoms with Crippen LogP contribution in [-0.4, -0.2) is 52.0 Å². The zero-order valence-electron chi connectivity index (χ0n) is 24.0. The smallest absolute Gasteiger partial charge is 0.423 e. The average molecular weight is 639 g/mol. The molecule has 2 heterocycles. The Bertz CT molecular complexity index is 1840. The lowest BCUT2D eigenvalue weighted by molar-refractivity contribution is -0.140. The summed E-state index contributed by atoms with van der Waals surface area (Å²) in [5.41, 5.74) is -4.33. The molecule has 3 aromatic carbocycles. The summed E-state index contributed by atoms with van der Waals surface area (Å²) in [6.07, 6.45) is -11.7. The number of aromatic nitrogens is 2. The predicted molar refractivity (Wildman–Crippen MR) is 153 cm³/mol. The highest BCUT2D eigenvalue weighted by atomic mass is 19.4. The van der Waals surface area contributed by atoms with E-state index >= 15 is 0 Å². The van der Waals surface area contributed by atoms with E-state index in [-0.39, 0.29) is 27.5 Å². The van der Waals surface area contributed by atoms with Gasteiger partial charge < -0.3 is 18.9 Å². The summed E-state index contributed by atoms with van der Waals surface area (Å²) >= 11 is 0. The van der Waals surface area contributed by atoms with E-state index in [1.165, 1.54) is 48.5 Å². The minimum absolute atomic E-state index is 0.0251. The Balaban J connectivity index is 1.59. The number of rotatable bonds is 8. The Labute approximate surface area is 258 Å². The van der Waals surface area contributed by atoms with Gasteiger partial charge in [0.25, 0.3) is 5.56 Å². The maximum atomic E-state index is 13.9. The van der Waals surface area contributed by atoms with Gasteiger partial charge in [-0.2, -0.15) is 13.2 Å². The fourth-order valence-electron chi connectivity index (χ4n) is 4.75. The van der Waals surface area contributed by atoms with Gasteiger partial charge in [-0.1, -0.05) is 54.6 Å². The summed E-state index contributed by atoms with van der Waals surface area (Å²) in [5.74, 6) is -2.73. The second-order valence-electron chi connectivity index (χ2n) is 10.1. The largest absolute Gasteiger partial charge is 0.459 e. The van der Waals surface area contributed by atoms with E-state index in [9.17, 15) is 37.1 Å². The first-order chi connectivity index (χ1) is 22.0. The number of nitrogens with zero attached hydrogens (tertiary/aromatic N) is 2. The van der Waals surface area contributed by atoms with Crippen LogP contribution in [0.5, 0.6) is 0 Å². The third kappa shape index (κ3) is 6.76. The predicted octanol–water partition coefficient (Wildman–Crippen LogP) is 3.77. The number of ether oxygens (including phenoxy) is 4. The minimum atomic E-state index is -5.18. The van der Waals surface area contributed by atoms with Gasteiger partial charge in [-0.15, -0.1) is 0 Å². The standard InChI is InChI=1S/C32H25F3N2O9/c1-36-26(38)22(32(33,34)35)17-37(31(36)42)27-25(46-30(41)21-15-9-4-10-16-21)24(45-29(40)20-13-7-3-8-14-20)23(44-27)18-43-28(39)19-11-5-2-6-12-19/h2-17,23-25,27H,18H2,1H3/t23-,24-,25-,27-/m1/s1. The van der Waals surface area contributed by atoms with Crippen molar-refractivity contribution in [2.24, 2.45) is 7.05 Å². The molecule has 5 rings (SSSR count). The first-order valence-corrected chi connectivity index (χ1v) is 13.7. The van der Waals surface area contributed by atoms with Gasteiger partial charge in [0.15, 0.2) is 18.4 Å². The van der Waals surface area contributed by atoms with Crippen LogP contribution in [0.2, 0.25) is 0 Å². The van der Waals surface area contributed by atoms with Crippen molar-refractivity contribution in [3.05, 3.63) is 140 Å². The van der Waals surface area contributed by atoms with Crippen LogP contribution in [0.15, 0.2) is 107 Å². The molecule has 46 heavy (non-hydrogen) atoms. The SMILES string of the molecule is Cn1c(=O)c(C(F)(F)F)cn([C@@H]2O[C@H](COC(=O)c3ccccc3)[C@@H](OC(=O)c3ccccc3)[C@H]2OC(=O)c2ccccc2)c1=O. The van der Waals surface area contributed by atoms with Gasteiger partial charge in [0.05, 0.1) is 16.7 Å². The fourth-order valence-corrected chi connectivity index (χ4v) is 4.75. The van der Waals surface area contributed by atoms with Crippen LogP contribution in [0.3, 0.4) is 0 Å². The number of benzene rings is 3. The highest BCUT2D eigenvalue weighted by molar-refractivity contribution is 5.91. The summed E-state index contributed by atoms with van der Waals surface area (Å²) in [7, 11) is 0.836. The molecule has 0 radical (unpaired) electrons. The van der Waals surface area contributed by atoms with Crippen molar-refractivity contribution >= 4 is 17.9 Å². The van der Waals surface area contributed by atoms with Crippen LogP contribution in [-0.2, 0) is 32.2 Å². The zero-order valence-corrected chi connectivity index (χ0v) is 24.0. The average Bonchev–Trinajstić information content (AvgIpc) is 3.38. The number of hydrogen-bond donors (Lipinski definition) is 0. The zero-order chi connectivity index (χ0) is 33.0. The Morgan fingerprint density at radius 3 is 1.67 bits per heavy atom. The molecule has 4 aromatic rings. The van der Waals surface area contributed by atoms with Crippen molar-refractivity contribution in [3.63, 3.8) is 0 Å². The highest BCUT2D eigenvalue weighted by Crippen LogP contribution is 2.36. The second-order valence-corrected chi connectivity index (χ2v) is 10.1. The molecule has 1 fully saturated rings. The van der Waals surface area contributed by atoms with Gasteiger partial charge in [-0.25, -0.2) is 19.2 Å². The molecule has 0 saturated carbocycles. The normalized spacial score (nSPS) is 19.3. The molecule has 4 atom stereocenters. The molecular weight excluding hydrogens is 613 g/mol. The van der Waals surface area contributed by atoms with Gasteiger partial charge in [0.1, 0.15) is 18.3 Å². The van der Waals surface area contributed by atoms with E-state index in [2.05, 4.69) is 0 Å². The number of hydrogen-bond acceptors (Lipinski definition) is 9. The third-order valence-corrected chi connectivity index (χ3v) is 7.07. The first-order valence-electron chi connectivity index (χ1n) is 13.7. The number of esters is 3.